The lowest BCUT2D eigenvalue weighted by Gasteiger charge is -2.13. The van der Waals surface area contributed by atoms with Gasteiger partial charge >= 0.3 is 5.97 Å². The van der Waals surface area contributed by atoms with Gasteiger partial charge in [0, 0.05) is 13.1 Å². The first kappa shape index (κ1) is 10.5. The van der Waals surface area contributed by atoms with Crippen LogP contribution in [0.3, 0.4) is 0 Å². The highest BCUT2D eigenvalue weighted by Crippen LogP contribution is 2.23. The van der Waals surface area contributed by atoms with Crippen molar-refractivity contribution in [2.75, 3.05) is 19.6 Å². The molecule has 0 spiro atoms. The molecule has 0 bridgehead atoms. The van der Waals surface area contributed by atoms with E-state index in [-0.39, 0.29) is 5.92 Å². The summed E-state index contributed by atoms with van der Waals surface area (Å²) in [6.45, 7) is 6.96. The minimum atomic E-state index is -0.633. The lowest BCUT2D eigenvalue weighted by molar-refractivity contribution is -0.142. The highest BCUT2D eigenvalue weighted by molar-refractivity contribution is 5.71. The molecule has 1 N–H and O–H groups in total. The van der Waals surface area contributed by atoms with Crippen LogP contribution in [0.1, 0.15) is 26.7 Å². The topological polar surface area (TPSA) is 40.5 Å². The molecule has 1 aliphatic rings. The Hall–Kier alpha value is -0.570. The zero-order chi connectivity index (χ0) is 9.84. The number of hydrogen-bond acceptors (Lipinski definition) is 2. The Labute approximate surface area is 79.7 Å². The molecule has 0 radical (unpaired) electrons. The second kappa shape index (κ2) is 4.61. The molecule has 0 saturated carbocycles. The Bertz CT molecular complexity index is 182. The summed E-state index contributed by atoms with van der Waals surface area (Å²) in [5.41, 5.74) is 0. The van der Waals surface area contributed by atoms with Gasteiger partial charge in [-0.3, -0.25) is 4.79 Å². The van der Waals surface area contributed by atoms with Crippen molar-refractivity contribution in [1.29, 1.82) is 0 Å². The molecule has 3 nitrogen and oxygen atoms in total. The summed E-state index contributed by atoms with van der Waals surface area (Å²) in [6.07, 6.45) is 2.36. The number of carbonyl (C=O) groups is 1. The summed E-state index contributed by atoms with van der Waals surface area (Å²) in [4.78, 5) is 13.1. The van der Waals surface area contributed by atoms with Gasteiger partial charge in [0.25, 0.3) is 0 Å². The number of nitrogens with zero attached hydrogens (tertiary/aromatic N) is 1. The van der Waals surface area contributed by atoms with Crippen LogP contribution in [-0.4, -0.2) is 35.6 Å². The first-order chi connectivity index (χ1) is 6.15. The summed E-state index contributed by atoms with van der Waals surface area (Å²) in [5, 5.41) is 8.90. The van der Waals surface area contributed by atoms with Crippen LogP contribution in [0.15, 0.2) is 0 Å². The second-order valence-electron chi connectivity index (χ2n) is 4.04. The van der Waals surface area contributed by atoms with Gasteiger partial charge in [0.2, 0.25) is 0 Å². The average Bonchev–Trinajstić information content (AvgIpc) is 2.43. The number of rotatable bonds is 4. The van der Waals surface area contributed by atoms with Gasteiger partial charge in [0.05, 0.1) is 5.92 Å². The zero-order valence-corrected chi connectivity index (χ0v) is 8.49. The van der Waals surface area contributed by atoms with Crippen LogP contribution in [0.2, 0.25) is 0 Å². The molecule has 1 saturated heterocycles. The Kier molecular flexibility index (Phi) is 3.72. The Balaban J connectivity index is 2.36. The third kappa shape index (κ3) is 2.69. The standard InChI is InChI=1S/C10H19NO2/c1-3-4-5-11-6-8(2)9(7-11)10(12)13/h8-9H,3-7H2,1-2H3,(H,12,13). The van der Waals surface area contributed by atoms with E-state index in [2.05, 4.69) is 11.8 Å². The van der Waals surface area contributed by atoms with Crippen LogP contribution < -0.4 is 0 Å². The van der Waals surface area contributed by atoms with E-state index >= 15 is 0 Å². The molecule has 76 valence electrons. The molecule has 1 fully saturated rings. The largest absolute Gasteiger partial charge is 0.481 e. The predicted molar refractivity (Wildman–Crippen MR) is 51.6 cm³/mol. The molecule has 1 heterocycles. The van der Waals surface area contributed by atoms with Crippen LogP contribution in [0.25, 0.3) is 0 Å². The molecule has 13 heavy (non-hydrogen) atoms. The summed E-state index contributed by atoms with van der Waals surface area (Å²) >= 11 is 0. The molecule has 1 rings (SSSR count). The minimum absolute atomic E-state index is 0.142. The third-order valence-electron chi connectivity index (χ3n) is 2.83. The van der Waals surface area contributed by atoms with E-state index in [0.29, 0.717) is 5.92 Å². The number of carboxylic acids is 1. The summed E-state index contributed by atoms with van der Waals surface area (Å²) in [5.74, 6) is -0.460. The van der Waals surface area contributed by atoms with Crippen molar-refractivity contribution in [3.05, 3.63) is 0 Å². The van der Waals surface area contributed by atoms with Crippen LogP contribution in [0.4, 0.5) is 0 Å². The maximum atomic E-state index is 10.8. The molecule has 1 aliphatic heterocycles. The number of aliphatic carboxylic acids is 1. The van der Waals surface area contributed by atoms with Crippen molar-refractivity contribution in [2.24, 2.45) is 11.8 Å². The quantitative estimate of drug-likeness (QED) is 0.720. The molecule has 3 heteroatoms. The van der Waals surface area contributed by atoms with Crippen LogP contribution >= 0.6 is 0 Å². The Morgan fingerprint density at radius 3 is 2.69 bits per heavy atom. The summed E-state index contributed by atoms with van der Waals surface area (Å²) in [6, 6.07) is 0. The molecule has 2 atom stereocenters. The van der Waals surface area contributed by atoms with Gasteiger partial charge in [-0.2, -0.15) is 0 Å². The molecular formula is C10H19NO2. The predicted octanol–water partition coefficient (Wildman–Crippen LogP) is 1.44. The van der Waals surface area contributed by atoms with Gasteiger partial charge in [0.15, 0.2) is 0 Å². The van der Waals surface area contributed by atoms with E-state index in [9.17, 15) is 4.79 Å². The number of carboxylic acid groups (broad SMARTS) is 1. The maximum absolute atomic E-state index is 10.8. The maximum Gasteiger partial charge on any atom is 0.308 e. The van der Waals surface area contributed by atoms with E-state index < -0.39 is 5.97 Å². The smallest absolute Gasteiger partial charge is 0.308 e. The fourth-order valence-corrected chi connectivity index (χ4v) is 1.95. The number of hydrogen-bond donors (Lipinski definition) is 1. The second-order valence-corrected chi connectivity index (χ2v) is 4.04. The van der Waals surface area contributed by atoms with Gasteiger partial charge in [-0.1, -0.05) is 20.3 Å². The van der Waals surface area contributed by atoms with Gasteiger partial charge in [-0.25, -0.2) is 0 Å². The first-order valence-electron chi connectivity index (χ1n) is 5.10. The van der Waals surface area contributed by atoms with Crippen molar-refractivity contribution in [3.63, 3.8) is 0 Å². The SMILES string of the molecule is CCCCN1CC(C)C(C(=O)O)C1. The van der Waals surface area contributed by atoms with Gasteiger partial charge < -0.3 is 10.0 Å². The van der Waals surface area contributed by atoms with Crippen molar-refractivity contribution in [3.8, 4) is 0 Å². The first-order valence-corrected chi connectivity index (χ1v) is 5.10. The molecule has 0 amide bonds. The Morgan fingerprint density at radius 2 is 2.23 bits per heavy atom. The lowest BCUT2D eigenvalue weighted by atomic mass is 9.99. The molecule has 2 unspecified atom stereocenters. The summed E-state index contributed by atoms with van der Waals surface area (Å²) in [7, 11) is 0. The van der Waals surface area contributed by atoms with Crippen LogP contribution in [-0.2, 0) is 4.79 Å². The van der Waals surface area contributed by atoms with Crippen LogP contribution in [0.5, 0.6) is 0 Å². The van der Waals surface area contributed by atoms with E-state index in [1.54, 1.807) is 0 Å². The van der Waals surface area contributed by atoms with Gasteiger partial charge in [-0.15, -0.1) is 0 Å². The molecule has 0 aromatic rings. The highest BCUT2D eigenvalue weighted by atomic mass is 16.4. The van der Waals surface area contributed by atoms with Crippen molar-refractivity contribution < 1.29 is 9.90 Å². The van der Waals surface area contributed by atoms with E-state index in [0.717, 1.165) is 19.6 Å². The minimum Gasteiger partial charge on any atom is -0.481 e. The monoisotopic (exact) mass is 185 g/mol. The molecule has 0 aliphatic carbocycles. The third-order valence-corrected chi connectivity index (χ3v) is 2.83. The average molecular weight is 185 g/mol. The zero-order valence-electron chi connectivity index (χ0n) is 8.49. The highest BCUT2D eigenvalue weighted by Gasteiger charge is 2.33. The molecule has 0 aromatic heterocycles. The number of likely N-dealkylation sites (tertiary alicyclic amines) is 1. The fourth-order valence-electron chi connectivity index (χ4n) is 1.95. The van der Waals surface area contributed by atoms with Crippen molar-refractivity contribution in [1.82, 2.24) is 4.90 Å². The number of unbranched alkanes of at least 4 members (excludes halogenated alkanes) is 1. The van der Waals surface area contributed by atoms with Crippen LogP contribution in [0, 0.1) is 11.8 Å². The lowest BCUT2D eigenvalue weighted by Crippen LogP contribution is -2.24. The fraction of sp³-hybridized carbons (Fsp3) is 0.900. The van der Waals surface area contributed by atoms with Crippen molar-refractivity contribution >= 4 is 5.97 Å². The van der Waals surface area contributed by atoms with E-state index in [4.69, 9.17) is 5.11 Å². The van der Waals surface area contributed by atoms with Crippen molar-refractivity contribution in [2.45, 2.75) is 26.7 Å². The Morgan fingerprint density at radius 1 is 1.54 bits per heavy atom. The molecular weight excluding hydrogens is 166 g/mol. The van der Waals surface area contributed by atoms with Gasteiger partial charge in [-0.05, 0) is 18.9 Å². The van der Waals surface area contributed by atoms with E-state index in [1.165, 1.54) is 12.8 Å². The normalized spacial score (nSPS) is 29.4. The van der Waals surface area contributed by atoms with Gasteiger partial charge in [0.1, 0.15) is 0 Å². The molecule has 0 aromatic carbocycles. The summed E-state index contributed by atoms with van der Waals surface area (Å²) < 4.78 is 0. The van der Waals surface area contributed by atoms with E-state index in [1.807, 2.05) is 6.92 Å².